The maximum absolute atomic E-state index is 13.8. The predicted octanol–water partition coefficient (Wildman–Crippen LogP) is 4.95. The van der Waals surface area contributed by atoms with Crippen LogP contribution in [0.1, 0.15) is 36.5 Å². The van der Waals surface area contributed by atoms with E-state index in [-0.39, 0.29) is 17.4 Å². The van der Waals surface area contributed by atoms with Gasteiger partial charge in [0, 0.05) is 45.3 Å². The summed E-state index contributed by atoms with van der Waals surface area (Å²) in [6.07, 6.45) is -0.485. The maximum Gasteiger partial charge on any atom is 0.407 e. The number of hydrogen-bond acceptors (Lipinski definition) is 6. The van der Waals surface area contributed by atoms with Gasteiger partial charge in [0.25, 0.3) is 15.7 Å². The number of nitro groups is 1. The van der Waals surface area contributed by atoms with Crippen LogP contribution in [-0.2, 0) is 23.0 Å². The normalized spacial score (nSPS) is 14.3. The van der Waals surface area contributed by atoms with Gasteiger partial charge in [0.2, 0.25) is 0 Å². The molecular weight excluding hydrogens is 532 g/mol. The monoisotopic (exact) mass is 566 g/mol. The lowest BCUT2D eigenvalue weighted by Gasteiger charge is -2.33. The van der Waals surface area contributed by atoms with Crippen molar-refractivity contribution in [3.63, 3.8) is 0 Å². The summed E-state index contributed by atoms with van der Waals surface area (Å²) in [7, 11) is -4.23. The fourth-order valence-electron chi connectivity index (χ4n) is 4.76. The Bertz CT molecular complexity index is 1430. The van der Waals surface area contributed by atoms with Crippen molar-refractivity contribution in [2.24, 2.45) is 0 Å². The molecule has 1 saturated heterocycles. The summed E-state index contributed by atoms with van der Waals surface area (Å²) >= 11 is 0. The molecule has 1 N–H and O–H groups in total. The van der Waals surface area contributed by atoms with Crippen molar-refractivity contribution in [2.75, 3.05) is 37.0 Å². The van der Waals surface area contributed by atoms with Crippen molar-refractivity contribution in [3.05, 3.63) is 99.6 Å². The Hall–Kier alpha value is -3.96. The number of amides is 1. The summed E-state index contributed by atoms with van der Waals surface area (Å²) in [6, 6.07) is 20.6. The molecule has 1 heterocycles. The quantitative estimate of drug-likeness (QED) is 0.272. The topological polar surface area (TPSA) is 124 Å². The second kappa shape index (κ2) is 12.5. The Balaban J connectivity index is 1.52. The molecular formula is C29H34N4O6S. The number of hydrogen-bond donors (Lipinski definition) is 1. The molecule has 1 amide bonds. The molecule has 0 atom stereocenters. The highest BCUT2D eigenvalue weighted by Crippen LogP contribution is 2.31. The summed E-state index contributed by atoms with van der Waals surface area (Å²) < 4.78 is 28.9. The average molecular weight is 567 g/mol. The van der Waals surface area contributed by atoms with Crippen LogP contribution < -0.4 is 4.31 Å². The van der Waals surface area contributed by atoms with E-state index in [1.165, 1.54) is 33.5 Å². The van der Waals surface area contributed by atoms with Gasteiger partial charge in [-0.3, -0.25) is 19.3 Å². The fraction of sp³-hybridized carbons (Fsp3) is 0.345. The average Bonchev–Trinajstić information content (AvgIpc) is 2.94. The van der Waals surface area contributed by atoms with Gasteiger partial charge in [0.15, 0.2) is 4.90 Å². The Morgan fingerprint density at radius 2 is 1.55 bits per heavy atom. The van der Waals surface area contributed by atoms with Gasteiger partial charge in [0.1, 0.15) is 0 Å². The first-order chi connectivity index (χ1) is 19.1. The molecule has 0 spiro atoms. The molecule has 40 heavy (non-hydrogen) atoms. The van der Waals surface area contributed by atoms with E-state index in [1.807, 2.05) is 36.4 Å². The number of anilines is 1. The fourth-order valence-corrected chi connectivity index (χ4v) is 6.38. The minimum absolute atomic E-state index is 0.103. The van der Waals surface area contributed by atoms with Gasteiger partial charge < -0.3 is 10.0 Å². The number of nitro benzene ring substituents is 1. The summed E-state index contributed by atoms with van der Waals surface area (Å²) in [5, 5.41) is 20.8. The zero-order valence-electron chi connectivity index (χ0n) is 22.6. The molecule has 10 nitrogen and oxygen atoms in total. The first-order valence-electron chi connectivity index (χ1n) is 13.2. The third-order valence-electron chi connectivity index (χ3n) is 7.15. The number of para-hydroxylation sites is 1. The van der Waals surface area contributed by atoms with E-state index in [9.17, 15) is 23.3 Å². The Kier molecular flexibility index (Phi) is 9.06. The highest BCUT2D eigenvalue weighted by atomic mass is 32.2. The largest absolute Gasteiger partial charge is 0.465 e. The van der Waals surface area contributed by atoms with Crippen LogP contribution in [0.4, 0.5) is 16.2 Å². The number of carboxylic acid groups (broad SMARTS) is 1. The van der Waals surface area contributed by atoms with Crippen LogP contribution >= 0.6 is 0 Å². The number of nitrogens with zero attached hydrogens (tertiary/aromatic N) is 4. The molecule has 0 radical (unpaired) electrons. The Morgan fingerprint density at radius 3 is 2.12 bits per heavy atom. The van der Waals surface area contributed by atoms with Crippen LogP contribution in [0.5, 0.6) is 0 Å². The van der Waals surface area contributed by atoms with Gasteiger partial charge in [-0.2, -0.15) is 0 Å². The molecule has 11 heteroatoms. The summed E-state index contributed by atoms with van der Waals surface area (Å²) in [6.45, 7) is 7.21. The number of rotatable bonds is 10. The number of benzene rings is 3. The molecule has 0 aromatic heterocycles. The summed E-state index contributed by atoms with van der Waals surface area (Å²) in [5.74, 6) is 0.272. The second-order valence-corrected chi connectivity index (χ2v) is 12.0. The van der Waals surface area contributed by atoms with Gasteiger partial charge in [-0.05, 0) is 47.2 Å². The second-order valence-electron chi connectivity index (χ2n) is 10.2. The van der Waals surface area contributed by atoms with Crippen LogP contribution in [0.2, 0.25) is 0 Å². The highest BCUT2D eigenvalue weighted by Gasteiger charge is 2.31. The third-order valence-corrected chi connectivity index (χ3v) is 9.03. The van der Waals surface area contributed by atoms with E-state index < -0.39 is 26.7 Å². The molecule has 0 aliphatic carbocycles. The molecule has 0 unspecified atom stereocenters. The molecule has 1 aliphatic heterocycles. The highest BCUT2D eigenvalue weighted by molar-refractivity contribution is 7.93. The Labute approximate surface area is 234 Å². The smallest absolute Gasteiger partial charge is 0.407 e. The standard InChI is InChI=1S/C29H34N4O6S/c1-22(2)25-11-13-26(14-12-25)32(40(38,39)28-6-4-3-5-27(28)33(36)37)16-15-23-7-9-24(10-8-23)21-30-17-19-31(20-18-30)29(34)35/h3-14,22H,15-21H2,1-2H3,(H,34,35). The van der Waals surface area contributed by atoms with Gasteiger partial charge in [0.05, 0.1) is 10.6 Å². The van der Waals surface area contributed by atoms with E-state index in [1.54, 1.807) is 12.1 Å². The van der Waals surface area contributed by atoms with Gasteiger partial charge in [-0.25, -0.2) is 13.2 Å². The van der Waals surface area contributed by atoms with Crippen molar-refractivity contribution >= 4 is 27.5 Å². The number of sulfonamides is 1. The molecule has 0 saturated carbocycles. The predicted molar refractivity (Wildman–Crippen MR) is 153 cm³/mol. The van der Waals surface area contributed by atoms with E-state index in [2.05, 4.69) is 18.7 Å². The molecule has 3 aromatic rings. The van der Waals surface area contributed by atoms with Crippen molar-refractivity contribution in [3.8, 4) is 0 Å². The summed E-state index contributed by atoms with van der Waals surface area (Å²) in [4.78, 5) is 25.4. The van der Waals surface area contributed by atoms with E-state index >= 15 is 0 Å². The summed E-state index contributed by atoms with van der Waals surface area (Å²) in [5.41, 5.74) is 3.06. The van der Waals surface area contributed by atoms with Gasteiger partial charge in [-0.15, -0.1) is 0 Å². The first kappa shape index (κ1) is 29.0. The van der Waals surface area contributed by atoms with Crippen LogP contribution in [0, 0.1) is 10.1 Å². The molecule has 0 bridgehead atoms. The molecule has 1 fully saturated rings. The minimum atomic E-state index is -4.23. The molecule has 4 rings (SSSR count). The Morgan fingerprint density at radius 1 is 0.950 bits per heavy atom. The van der Waals surface area contributed by atoms with Crippen molar-refractivity contribution in [2.45, 2.75) is 37.6 Å². The van der Waals surface area contributed by atoms with Crippen molar-refractivity contribution in [1.82, 2.24) is 9.80 Å². The van der Waals surface area contributed by atoms with Crippen molar-refractivity contribution in [1.29, 1.82) is 0 Å². The van der Waals surface area contributed by atoms with Gasteiger partial charge >= 0.3 is 6.09 Å². The SMILES string of the molecule is CC(C)c1ccc(N(CCc2ccc(CN3CCN(C(=O)O)CC3)cc2)S(=O)(=O)c2ccccc2[N+](=O)[O-])cc1. The number of carbonyl (C=O) groups is 1. The zero-order valence-corrected chi connectivity index (χ0v) is 23.5. The minimum Gasteiger partial charge on any atom is -0.465 e. The lowest BCUT2D eigenvalue weighted by atomic mass is 10.0. The number of piperazine rings is 1. The van der Waals surface area contributed by atoms with Crippen LogP contribution in [-0.4, -0.2) is 67.1 Å². The maximum atomic E-state index is 13.8. The molecule has 1 aliphatic rings. The van der Waals surface area contributed by atoms with E-state index in [0.717, 1.165) is 16.7 Å². The van der Waals surface area contributed by atoms with E-state index in [0.29, 0.717) is 44.8 Å². The zero-order chi connectivity index (χ0) is 28.9. The van der Waals surface area contributed by atoms with Gasteiger partial charge in [-0.1, -0.05) is 62.4 Å². The van der Waals surface area contributed by atoms with Crippen LogP contribution in [0.25, 0.3) is 0 Å². The van der Waals surface area contributed by atoms with Crippen LogP contribution in [0.15, 0.2) is 77.7 Å². The van der Waals surface area contributed by atoms with Crippen molar-refractivity contribution < 1.29 is 23.2 Å². The van der Waals surface area contributed by atoms with Crippen LogP contribution in [0.3, 0.4) is 0 Å². The lowest BCUT2D eigenvalue weighted by Crippen LogP contribution is -2.47. The van der Waals surface area contributed by atoms with E-state index in [4.69, 9.17) is 5.11 Å². The lowest BCUT2D eigenvalue weighted by molar-refractivity contribution is -0.387. The molecule has 212 valence electrons. The molecule has 3 aromatic carbocycles. The third kappa shape index (κ3) is 6.78. The first-order valence-corrected chi connectivity index (χ1v) is 14.6.